The standard InChI is InChI=1S/C7H9NO.ClH/c1-9-7-4-2-6(8)3-5-7;/h2-5H,8H2,1H3;1H/i1D3;. The van der Waals surface area contributed by atoms with Gasteiger partial charge in [-0.25, -0.2) is 0 Å². The van der Waals surface area contributed by atoms with Crippen molar-refractivity contribution in [2.75, 3.05) is 12.8 Å². The molecule has 10 heavy (non-hydrogen) atoms. The summed E-state index contributed by atoms with van der Waals surface area (Å²) < 4.78 is 25.0. The Labute approximate surface area is 70.6 Å². The van der Waals surface area contributed by atoms with Gasteiger partial charge in [0.2, 0.25) is 0 Å². The summed E-state index contributed by atoms with van der Waals surface area (Å²) >= 11 is 0. The molecule has 2 N–H and O–H groups in total. The maximum atomic E-state index is 6.80. The Balaban J connectivity index is 0.00000144. The van der Waals surface area contributed by atoms with Crippen molar-refractivity contribution in [3.63, 3.8) is 0 Å². The molecule has 0 fully saturated rings. The molecule has 0 saturated carbocycles. The van der Waals surface area contributed by atoms with E-state index in [2.05, 4.69) is 4.74 Å². The second kappa shape index (κ2) is 4.01. The van der Waals surface area contributed by atoms with Crippen LogP contribution in [0.1, 0.15) is 4.11 Å². The summed E-state index contributed by atoms with van der Waals surface area (Å²) in [6, 6.07) is 6.20. The zero-order chi connectivity index (χ0) is 9.19. The number of rotatable bonds is 1. The summed E-state index contributed by atoms with van der Waals surface area (Å²) in [6.45, 7) is 0. The molecule has 0 bridgehead atoms. The van der Waals surface area contributed by atoms with E-state index in [0.717, 1.165) is 0 Å². The molecule has 0 amide bonds. The van der Waals surface area contributed by atoms with E-state index < -0.39 is 7.04 Å². The molecule has 0 aliphatic carbocycles. The van der Waals surface area contributed by atoms with Crippen molar-refractivity contribution >= 4 is 18.1 Å². The molecule has 0 unspecified atom stereocenters. The quantitative estimate of drug-likeness (QED) is 0.638. The third-order valence-electron chi connectivity index (χ3n) is 0.998. The van der Waals surface area contributed by atoms with Crippen molar-refractivity contribution < 1.29 is 8.85 Å². The summed E-state index contributed by atoms with van der Waals surface area (Å²) in [4.78, 5) is 0. The summed E-state index contributed by atoms with van der Waals surface area (Å²) in [6.07, 6.45) is 0. The summed E-state index contributed by atoms with van der Waals surface area (Å²) in [5.41, 5.74) is 5.97. The van der Waals surface area contributed by atoms with Crippen LogP contribution in [0.5, 0.6) is 5.75 Å². The first kappa shape index (κ1) is 4.85. The highest BCUT2D eigenvalue weighted by molar-refractivity contribution is 5.85. The molecular weight excluding hydrogens is 150 g/mol. The number of methoxy groups -OCH3 is 1. The summed E-state index contributed by atoms with van der Waals surface area (Å²) in [5.74, 6) is 0.296. The molecule has 56 valence electrons. The van der Waals surface area contributed by atoms with Crippen LogP contribution in [0.3, 0.4) is 0 Å². The molecule has 0 heterocycles. The zero-order valence-corrected chi connectivity index (χ0v) is 6.02. The normalized spacial score (nSPS) is 13.8. The molecule has 0 spiro atoms. The molecule has 0 aliphatic rings. The maximum absolute atomic E-state index is 6.80. The van der Waals surface area contributed by atoms with Crippen LogP contribution in [-0.4, -0.2) is 7.04 Å². The number of benzene rings is 1. The number of hydrogen-bond acceptors (Lipinski definition) is 2. The average molecular weight is 163 g/mol. The van der Waals surface area contributed by atoms with E-state index in [1.807, 2.05) is 0 Å². The SMILES string of the molecule is Cl.[2H]C([2H])([2H])Oc1ccc(N)cc1. The van der Waals surface area contributed by atoms with E-state index in [1.165, 1.54) is 12.1 Å². The Morgan fingerprint density at radius 1 is 1.40 bits per heavy atom. The molecule has 0 aromatic heterocycles. The van der Waals surface area contributed by atoms with Crippen LogP contribution in [0, 0.1) is 0 Å². The first-order valence-corrected chi connectivity index (χ1v) is 2.52. The van der Waals surface area contributed by atoms with E-state index >= 15 is 0 Å². The largest absolute Gasteiger partial charge is 0.497 e. The van der Waals surface area contributed by atoms with Gasteiger partial charge in [0, 0.05) is 5.69 Å². The molecule has 1 rings (SSSR count). The van der Waals surface area contributed by atoms with Crippen molar-refractivity contribution in [2.24, 2.45) is 0 Å². The van der Waals surface area contributed by atoms with Crippen molar-refractivity contribution in [2.45, 2.75) is 0 Å². The van der Waals surface area contributed by atoms with Crippen LogP contribution in [0.15, 0.2) is 24.3 Å². The van der Waals surface area contributed by atoms with Gasteiger partial charge in [0.15, 0.2) is 0 Å². The fourth-order valence-corrected chi connectivity index (χ4v) is 0.536. The lowest BCUT2D eigenvalue weighted by Gasteiger charge is -1.97. The Morgan fingerprint density at radius 3 is 2.50 bits per heavy atom. The number of hydrogen-bond donors (Lipinski definition) is 1. The van der Waals surface area contributed by atoms with Gasteiger partial charge in [-0.15, -0.1) is 12.4 Å². The van der Waals surface area contributed by atoms with Gasteiger partial charge < -0.3 is 10.5 Å². The zero-order valence-electron chi connectivity index (χ0n) is 8.20. The number of nitrogens with two attached hydrogens (primary N) is 1. The fraction of sp³-hybridized carbons (Fsp3) is 0.143. The number of nitrogen functional groups attached to an aromatic ring is 1. The predicted molar refractivity (Wildman–Crippen MR) is 44.7 cm³/mol. The smallest absolute Gasteiger partial charge is 0.119 e. The summed E-state index contributed by atoms with van der Waals surface area (Å²) in [7, 11) is -2.39. The lowest BCUT2D eigenvalue weighted by atomic mass is 10.3. The molecule has 0 saturated heterocycles. The fourth-order valence-electron chi connectivity index (χ4n) is 0.536. The van der Waals surface area contributed by atoms with Gasteiger partial charge in [0.05, 0.1) is 11.2 Å². The minimum atomic E-state index is -2.39. The lowest BCUT2D eigenvalue weighted by molar-refractivity contribution is 0.415. The highest BCUT2D eigenvalue weighted by atomic mass is 35.5. The minimum Gasteiger partial charge on any atom is -0.497 e. The van der Waals surface area contributed by atoms with Crippen molar-refractivity contribution in [1.82, 2.24) is 0 Å². The topological polar surface area (TPSA) is 35.2 Å². The highest BCUT2D eigenvalue weighted by Crippen LogP contribution is 2.11. The van der Waals surface area contributed by atoms with Crippen LogP contribution in [0.2, 0.25) is 0 Å². The van der Waals surface area contributed by atoms with Crippen LogP contribution in [-0.2, 0) is 0 Å². The molecule has 0 aliphatic heterocycles. The Kier molecular flexibility index (Phi) is 1.95. The van der Waals surface area contributed by atoms with Gasteiger partial charge in [-0.05, 0) is 24.3 Å². The van der Waals surface area contributed by atoms with E-state index in [9.17, 15) is 0 Å². The first-order valence-electron chi connectivity index (χ1n) is 4.02. The van der Waals surface area contributed by atoms with Crippen LogP contribution < -0.4 is 10.5 Å². The molecule has 2 nitrogen and oxygen atoms in total. The first-order chi connectivity index (χ1) is 5.47. The Hall–Kier alpha value is -0.890. The molecular formula is C7H10ClNO. The van der Waals surface area contributed by atoms with Crippen molar-refractivity contribution in [3.8, 4) is 5.75 Å². The van der Waals surface area contributed by atoms with Gasteiger partial charge >= 0.3 is 0 Å². The number of halogens is 1. The Bertz CT molecular complexity index is 259. The molecule has 3 heteroatoms. The molecule has 0 atom stereocenters. The van der Waals surface area contributed by atoms with E-state index in [1.54, 1.807) is 12.1 Å². The second-order valence-electron chi connectivity index (χ2n) is 1.67. The third kappa shape index (κ3) is 2.15. The van der Waals surface area contributed by atoms with Crippen LogP contribution in [0.25, 0.3) is 0 Å². The van der Waals surface area contributed by atoms with Gasteiger partial charge in [-0.1, -0.05) is 0 Å². The molecule has 1 aromatic carbocycles. The van der Waals surface area contributed by atoms with Crippen LogP contribution in [0.4, 0.5) is 5.69 Å². The van der Waals surface area contributed by atoms with Gasteiger partial charge in [0.25, 0.3) is 0 Å². The second-order valence-corrected chi connectivity index (χ2v) is 1.67. The minimum absolute atomic E-state index is 0. The molecule has 1 aromatic rings. The van der Waals surface area contributed by atoms with E-state index in [0.29, 0.717) is 11.4 Å². The van der Waals surface area contributed by atoms with E-state index in [-0.39, 0.29) is 12.4 Å². The van der Waals surface area contributed by atoms with E-state index in [4.69, 9.17) is 9.85 Å². The van der Waals surface area contributed by atoms with Crippen LogP contribution >= 0.6 is 12.4 Å². The van der Waals surface area contributed by atoms with Gasteiger partial charge in [-0.3, -0.25) is 0 Å². The molecule has 0 radical (unpaired) electrons. The third-order valence-corrected chi connectivity index (χ3v) is 0.998. The predicted octanol–water partition coefficient (Wildman–Crippen LogP) is 1.70. The summed E-state index contributed by atoms with van der Waals surface area (Å²) in [5, 5.41) is 0. The highest BCUT2D eigenvalue weighted by Gasteiger charge is 1.85. The lowest BCUT2D eigenvalue weighted by Crippen LogP contribution is -1.84. The number of anilines is 1. The maximum Gasteiger partial charge on any atom is 0.119 e. The monoisotopic (exact) mass is 162 g/mol. The number of ether oxygens (including phenoxy) is 1. The van der Waals surface area contributed by atoms with Gasteiger partial charge in [-0.2, -0.15) is 0 Å². The van der Waals surface area contributed by atoms with Crippen molar-refractivity contribution in [3.05, 3.63) is 24.3 Å². The van der Waals surface area contributed by atoms with Crippen molar-refractivity contribution in [1.29, 1.82) is 0 Å². The Morgan fingerprint density at radius 2 is 2.00 bits per heavy atom. The average Bonchev–Trinajstić information content (AvgIpc) is 1.91. The van der Waals surface area contributed by atoms with Gasteiger partial charge in [0.1, 0.15) is 5.75 Å².